The smallest absolute Gasteiger partial charge is 0.196 e. The highest BCUT2D eigenvalue weighted by Gasteiger charge is 3.07. The van der Waals surface area contributed by atoms with Crippen molar-refractivity contribution in [2.24, 2.45) is 16.7 Å². The second-order valence-electron chi connectivity index (χ2n) is 10.3. The summed E-state index contributed by atoms with van der Waals surface area (Å²) < 4.78 is 5.98. The lowest BCUT2D eigenvalue weighted by Gasteiger charge is -2.59. The first kappa shape index (κ1) is 18.2. The molecule has 150 valence electrons. The van der Waals surface area contributed by atoms with Crippen molar-refractivity contribution in [3.63, 3.8) is 0 Å². The number of ketones is 1. The second kappa shape index (κ2) is 3.93. The number of Topliss-reactive ketones (excluding diaryl/α,β-unsaturated/α-hetero) is 1. The summed E-state index contributed by atoms with van der Waals surface area (Å²) in [7, 11) is 0. The highest BCUT2D eigenvalue weighted by atomic mass is 16.7. The number of carbonyl (C=O) groups is 1. The molecule has 7 nitrogen and oxygen atoms in total. The van der Waals surface area contributed by atoms with Gasteiger partial charge in [0.1, 0.15) is 16.8 Å². The topological polar surface area (TPSA) is 127 Å². The van der Waals surface area contributed by atoms with Crippen LogP contribution in [0.5, 0.6) is 0 Å². The Morgan fingerprint density at radius 1 is 1.04 bits per heavy atom. The molecule has 0 aromatic carbocycles. The van der Waals surface area contributed by atoms with Crippen LogP contribution in [0.15, 0.2) is 11.6 Å². The second-order valence-corrected chi connectivity index (χ2v) is 10.3. The van der Waals surface area contributed by atoms with E-state index in [2.05, 4.69) is 0 Å². The van der Waals surface area contributed by atoms with Crippen LogP contribution in [-0.2, 0) is 9.53 Å². The van der Waals surface area contributed by atoms with E-state index in [0.29, 0.717) is 5.57 Å². The molecule has 0 amide bonds. The van der Waals surface area contributed by atoms with Crippen molar-refractivity contribution in [1.29, 1.82) is 0 Å². The predicted octanol–water partition coefficient (Wildman–Crippen LogP) is -0.223. The van der Waals surface area contributed by atoms with Gasteiger partial charge in [0.2, 0.25) is 0 Å². The predicted molar refractivity (Wildman–Crippen MR) is 92.2 cm³/mol. The molecule has 2 heterocycles. The molecule has 5 fully saturated rings. The third kappa shape index (κ3) is 1.09. The van der Waals surface area contributed by atoms with Crippen molar-refractivity contribution in [2.45, 2.75) is 87.7 Å². The third-order valence-corrected chi connectivity index (χ3v) is 9.66. The molecule has 0 aromatic heterocycles. The first-order valence-corrected chi connectivity index (χ1v) is 9.64. The molecule has 0 unspecified atom stereocenters. The zero-order valence-corrected chi connectivity index (χ0v) is 16.3. The highest BCUT2D eigenvalue weighted by Crippen LogP contribution is 2.89. The minimum atomic E-state index is -2.35. The van der Waals surface area contributed by atoms with Gasteiger partial charge in [-0.05, 0) is 31.8 Å². The molecule has 8 atom stereocenters. The normalized spacial score (nSPS) is 65.9. The number of ether oxygens (including phenoxy) is 1. The summed E-state index contributed by atoms with van der Waals surface area (Å²) in [5, 5.41) is 59.3. The van der Waals surface area contributed by atoms with Crippen LogP contribution in [0.3, 0.4) is 0 Å². The van der Waals surface area contributed by atoms with Crippen molar-refractivity contribution < 1.29 is 35.1 Å². The molecule has 0 radical (unpaired) electrons. The van der Waals surface area contributed by atoms with Crippen LogP contribution in [0.4, 0.5) is 0 Å². The molecule has 1 spiro atoms. The van der Waals surface area contributed by atoms with E-state index in [1.54, 1.807) is 33.8 Å². The van der Waals surface area contributed by atoms with Crippen LogP contribution in [-0.4, -0.2) is 65.1 Å². The largest absolute Gasteiger partial charge is 0.389 e. The lowest BCUT2D eigenvalue weighted by atomic mass is 9.52. The lowest BCUT2D eigenvalue weighted by molar-refractivity contribution is -0.366. The number of hydrogen-bond donors (Lipinski definition) is 5. The summed E-state index contributed by atoms with van der Waals surface area (Å²) >= 11 is 0. The van der Waals surface area contributed by atoms with Gasteiger partial charge >= 0.3 is 0 Å². The zero-order valence-electron chi connectivity index (χ0n) is 16.3. The van der Waals surface area contributed by atoms with E-state index in [-0.39, 0.29) is 19.3 Å². The van der Waals surface area contributed by atoms with Crippen LogP contribution < -0.4 is 0 Å². The van der Waals surface area contributed by atoms with Gasteiger partial charge in [0, 0.05) is 18.3 Å². The van der Waals surface area contributed by atoms with E-state index < -0.39 is 56.3 Å². The Kier molecular flexibility index (Phi) is 2.65. The van der Waals surface area contributed by atoms with E-state index >= 15 is 0 Å². The van der Waals surface area contributed by atoms with Crippen LogP contribution in [0.1, 0.15) is 53.9 Å². The zero-order chi connectivity index (χ0) is 20.3. The van der Waals surface area contributed by atoms with E-state index in [4.69, 9.17) is 4.74 Å². The third-order valence-electron chi connectivity index (χ3n) is 9.66. The molecule has 2 saturated heterocycles. The Balaban J connectivity index is 1.97. The average Bonchev–Trinajstić information content (AvgIpc) is 2.82. The van der Waals surface area contributed by atoms with Gasteiger partial charge in [-0.3, -0.25) is 4.79 Å². The molecular formula is C20H28O7. The molecule has 5 N–H and O–H groups in total. The molecule has 2 aliphatic heterocycles. The molecule has 6 aliphatic rings. The van der Waals surface area contributed by atoms with Crippen molar-refractivity contribution in [3.05, 3.63) is 11.6 Å². The quantitative estimate of drug-likeness (QED) is 0.425. The maximum absolute atomic E-state index is 13.4. The molecule has 0 aromatic rings. The fourth-order valence-electron chi connectivity index (χ4n) is 8.03. The summed E-state index contributed by atoms with van der Waals surface area (Å²) in [5.41, 5.74) is -13.1. The van der Waals surface area contributed by atoms with Crippen LogP contribution in [0.25, 0.3) is 0 Å². The van der Waals surface area contributed by atoms with E-state index in [1.165, 1.54) is 6.92 Å². The van der Waals surface area contributed by atoms with Crippen LogP contribution in [0.2, 0.25) is 0 Å². The Morgan fingerprint density at radius 3 is 2.19 bits per heavy atom. The minimum absolute atomic E-state index is 0.0119. The van der Waals surface area contributed by atoms with Gasteiger partial charge < -0.3 is 30.3 Å². The van der Waals surface area contributed by atoms with Gasteiger partial charge in [0.05, 0.1) is 11.0 Å². The first-order valence-electron chi connectivity index (χ1n) is 9.64. The molecule has 3 saturated carbocycles. The summed E-state index contributed by atoms with van der Waals surface area (Å²) in [5.74, 6) is -3.16. The number of aliphatic hydroxyl groups is 5. The number of hydrogen-bond acceptors (Lipinski definition) is 7. The van der Waals surface area contributed by atoms with Gasteiger partial charge in [-0.25, -0.2) is 0 Å². The fraction of sp³-hybridized carbons (Fsp3) is 0.850. The van der Waals surface area contributed by atoms with Crippen molar-refractivity contribution in [1.82, 2.24) is 0 Å². The molecule has 6 bridgehead atoms. The average molecular weight is 380 g/mol. The number of rotatable bonds is 1. The maximum atomic E-state index is 13.4. The van der Waals surface area contributed by atoms with E-state index in [1.807, 2.05) is 0 Å². The van der Waals surface area contributed by atoms with Crippen molar-refractivity contribution >= 4 is 5.78 Å². The van der Waals surface area contributed by atoms with Gasteiger partial charge in [0.25, 0.3) is 0 Å². The Hall–Kier alpha value is -0.830. The first-order chi connectivity index (χ1) is 12.1. The standard InChI is InChI=1S/C20H28O7/c1-10(2)15(22)9-17(24)13(4)8-18(25)14(15,5)20(17,26)19(27-18)12(21)11(3)6-7-16(13,19)23/h6,10,22-26H,7-9H2,1-5H3/t13-,14+,15-,16-,17+,18-,19+,20+/m0/s1. The summed E-state index contributed by atoms with van der Waals surface area (Å²) in [6.45, 7) is 8.12. The molecular weight excluding hydrogens is 352 g/mol. The maximum Gasteiger partial charge on any atom is 0.196 e. The minimum Gasteiger partial charge on any atom is -0.389 e. The Bertz CT molecular complexity index is 853. The van der Waals surface area contributed by atoms with Crippen LogP contribution >= 0.6 is 0 Å². The van der Waals surface area contributed by atoms with Gasteiger partial charge in [-0.15, -0.1) is 0 Å². The molecule has 27 heavy (non-hydrogen) atoms. The Morgan fingerprint density at radius 2 is 1.63 bits per heavy atom. The summed E-state index contributed by atoms with van der Waals surface area (Å²) in [4.78, 5) is 13.4. The van der Waals surface area contributed by atoms with Crippen LogP contribution in [0, 0.1) is 16.7 Å². The summed E-state index contributed by atoms with van der Waals surface area (Å²) in [6, 6.07) is 0. The van der Waals surface area contributed by atoms with E-state index in [9.17, 15) is 30.3 Å². The van der Waals surface area contributed by atoms with Gasteiger partial charge in [0.15, 0.2) is 17.2 Å². The Labute approximate surface area is 157 Å². The number of carbonyl (C=O) groups excluding carboxylic acids is 1. The summed E-state index contributed by atoms with van der Waals surface area (Å²) in [6.07, 6.45) is 1.15. The molecule has 6 rings (SSSR count). The van der Waals surface area contributed by atoms with Gasteiger partial charge in [-0.1, -0.05) is 26.8 Å². The lowest BCUT2D eigenvalue weighted by Crippen LogP contribution is -2.73. The monoisotopic (exact) mass is 380 g/mol. The fourth-order valence-corrected chi connectivity index (χ4v) is 8.03. The van der Waals surface area contributed by atoms with Gasteiger partial charge in [-0.2, -0.15) is 0 Å². The SMILES string of the molecule is CC1=CC[C@]2(O)[C@]3(C)C[C@]4(O)O[C@@]2(C1=O)[C@]1(O)[C@@]3(O)C[C@](O)(C(C)C)[C@@]14C. The highest BCUT2D eigenvalue weighted by molar-refractivity contribution is 6.07. The van der Waals surface area contributed by atoms with Crippen molar-refractivity contribution in [2.75, 3.05) is 0 Å². The van der Waals surface area contributed by atoms with Crippen molar-refractivity contribution in [3.8, 4) is 0 Å². The molecule has 7 heteroatoms. The molecule has 4 aliphatic carbocycles. The van der Waals surface area contributed by atoms with E-state index in [0.717, 1.165) is 0 Å².